The van der Waals surface area contributed by atoms with Gasteiger partial charge in [-0.05, 0) is 31.4 Å². The summed E-state index contributed by atoms with van der Waals surface area (Å²) in [5, 5.41) is 0. The van der Waals surface area contributed by atoms with Crippen molar-refractivity contribution in [2.24, 2.45) is 0 Å². The van der Waals surface area contributed by atoms with E-state index in [2.05, 4.69) is 13.8 Å². The summed E-state index contributed by atoms with van der Waals surface area (Å²) in [5.41, 5.74) is 1.94. The van der Waals surface area contributed by atoms with Crippen molar-refractivity contribution in [3.05, 3.63) is 29.8 Å². The molecule has 1 aromatic rings. The Morgan fingerprint density at radius 2 is 1.50 bits per heavy atom. The molecule has 1 aromatic carbocycles. The number of para-hydroxylation sites is 1. The molecule has 0 saturated heterocycles. The van der Waals surface area contributed by atoms with E-state index in [1.165, 1.54) is 0 Å². The van der Waals surface area contributed by atoms with Gasteiger partial charge in [0.2, 0.25) is 0 Å². The van der Waals surface area contributed by atoms with Crippen molar-refractivity contribution in [3.8, 4) is 0 Å². The monoisotopic (exact) mass is 307 g/mol. The van der Waals surface area contributed by atoms with Gasteiger partial charge in [0.1, 0.15) is 13.1 Å². The Morgan fingerprint density at radius 3 is 1.95 bits per heavy atom. The molecule has 0 aliphatic carbocycles. The first kappa shape index (κ1) is 18.0. The van der Waals surface area contributed by atoms with Gasteiger partial charge in [-0.15, -0.1) is 0 Å². The highest BCUT2D eigenvalue weighted by atomic mass is 16.5. The van der Waals surface area contributed by atoms with Gasteiger partial charge < -0.3 is 14.4 Å². The van der Waals surface area contributed by atoms with Crippen LogP contribution in [-0.4, -0.2) is 38.2 Å². The summed E-state index contributed by atoms with van der Waals surface area (Å²) in [6, 6.07) is 7.76. The van der Waals surface area contributed by atoms with Gasteiger partial charge >= 0.3 is 11.9 Å². The third-order valence-corrected chi connectivity index (χ3v) is 3.15. The first-order valence-electron chi connectivity index (χ1n) is 7.64. The Kier molecular flexibility index (Phi) is 7.43. The quantitative estimate of drug-likeness (QED) is 0.691. The van der Waals surface area contributed by atoms with Gasteiger partial charge in [0.05, 0.1) is 13.2 Å². The van der Waals surface area contributed by atoms with Gasteiger partial charge in [0.25, 0.3) is 0 Å². The molecule has 0 N–H and O–H groups in total. The summed E-state index contributed by atoms with van der Waals surface area (Å²) in [4.78, 5) is 25.4. The first-order valence-corrected chi connectivity index (χ1v) is 7.64. The fourth-order valence-electron chi connectivity index (χ4n) is 2.21. The van der Waals surface area contributed by atoms with Gasteiger partial charge in [-0.25, -0.2) is 0 Å². The van der Waals surface area contributed by atoms with E-state index in [9.17, 15) is 9.59 Å². The first-order chi connectivity index (χ1) is 10.5. The van der Waals surface area contributed by atoms with Crippen molar-refractivity contribution < 1.29 is 19.1 Å². The van der Waals surface area contributed by atoms with Crippen LogP contribution < -0.4 is 4.90 Å². The second kappa shape index (κ2) is 9.07. The van der Waals surface area contributed by atoms with E-state index in [0.717, 1.165) is 11.3 Å². The van der Waals surface area contributed by atoms with Gasteiger partial charge in [0, 0.05) is 5.69 Å². The highest BCUT2D eigenvalue weighted by Crippen LogP contribution is 2.27. The zero-order valence-corrected chi connectivity index (χ0v) is 13.8. The predicted molar refractivity (Wildman–Crippen MR) is 86.0 cm³/mol. The number of esters is 2. The van der Waals surface area contributed by atoms with Crippen LogP contribution in [0.15, 0.2) is 24.3 Å². The smallest absolute Gasteiger partial charge is 0.325 e. The molecule has 0 aromatic heterocycles. The number of carbonyl (C=O) groups excluding carboxylic acids is 2. The molecule has 0 bridgehead atoms. The average molecular weight is 307 g/mol. The fraction of sp³-hybridized carbons (Fsp3) is 0.529. The summed E-state index contributed by atoms with van der Waals surface area (Å²) in [5.74, 6) is -0.432. The van der Waals surface area contributed by atoms with Gasteiger partial charge in [0.15, 0.2) is 0 Å². The van der Waals surface area contributed by atoms with Crippen molar-refractivity contribution in [2.45, 2.75) is 33.6 Å². The number of rotatable bonds is 8. The Hall–Kier alpha value is -2.04. The molecule has 0 unspecified atom stereocenters. The number of hydrogen-bond acceptors (Lipinski definition) is 5. The normalized spacial score (nSPS) is 10.4. The standard InChI is InChI=1S/C17H25NO4/c1-5-21-16(19)11-18(12-17(20)22-6-2)15-10-8-7-9-14(15)13(3)4/h7-10,13H,5-6,11-12H2,1-4H3. The number of ether oxygens (including phenoxy) is 2. The van der Waals surface area contributed by atoms with E-state index in [-0.39, 0.29) is 30.9 Å². The molecule has 0 fully saturated rings. The van der Waals surface area contributed by atoms with Crippen LogP contribution >= 0.6 is 0 Å². The minimum absolute atomic E-state index is 0.0242. The van der Waals surface area contributed by atoms with Crippen molar-refractivity contribution >= 4 is 17.6 Å². The summed E-state index contributed by atoms with van der Waals surface area (Å²) < 4.78 is 10.0. The lowest BCUT2D eigenvalue weighted by Crippen LogP contribution is -2.37. The van der Waals surface area contributed by atoms with Crippen LogP contribution in [0.25, 0.3) is 0 Å². The topological polar surface area (TPSA) is 55.8 Å². The van der Waals surface area contributed by atoms with Gasteiger partial charge in [-0.3, -0.25) is 9.59 Å². The lowest BCUT2D eigenvalue weighted by atomic mass is 10.0. The van der Waals surface area contributed by atoms with E-state index in [1.807, 2.05) is 24.3 Å². The van der Waals surface area contributed by atoms with Crippen molar-refractivity contribution in [1.82, 2.24) is 0 Å². The number of nitrogens with zero attached hydrogens (tertiary/aromatic N) is 1. The number of hydrogen-bond donors (Lipinski definition) is 0. The highest BCUT2D eigenvalue weighted by Gasteiger charge is 2.20. The highest BCUT2D eigenvalue weighted by molar-refractivity contribution is 5.82. The Balaban J connectivity index is 3.03. The SMILES string of the molecule is CCOC(=O)CN(CC(=O)OCC)c1ccccc1C(C)C. The van der Waals surface area contributed by atoms with Crippen LogP contribution in [-0.2, 0) is 19.1 Å². The van der Waals surface area contributed by atoms with Crippen LogP contribution in [0.5, 0.6) is 0 Å². The lowest BCUT2D eigenvalue weighted by molar-refractivity contribution is -0.142. The molecule has 0 aliphatic heterocycles. The second-order valence-electron chi connectivity index (χ2n) is 5.18. The second-order valence-corrected chi connectivity index (χ2v) is 5.18. The third kappa shape index (κ3) is 5.39. The van der Waals surface area contributed by atoms with Crippen LogP contribution in [0.1, 0.15) is 39.2 Å². The molecular formula is C17H25NO4. The minimum Gasteiger partial charge on any atom is -0.465 e. The third-order valence-electron chi connectivity index (χ3n) is 3.15. The zero-order valence-electron chi connectivity index (χ0n) is 13.8. The molecule has 1 rings (SSSR count). The summed E-state index contributed by atoms with van der Waals surface area (Å²) in [6.45, 7) is 8.35. The van der Waals surface area contributed by atoms with Crippen LogP contribution in [0, 0.1) is 0 Å². The molecule has 122 valence electrons. The molecule has 0 spiro atoms. The van der Waals surface area contributed by atoms with Crippen LogP contribution in [0.3, 0.4) is 0 Å². The molecule has 5 nitrogen and oxygen atoms in total. The summed E-state index contributed by atoms with van der Waals surface area (Å²) in [6.07, 6.45) is 0. The number of benzene rings is 1. The largest absolute Gasteiger partial charge is 0.465 e. The number of carbonyl (C=O) groups is 2. The van der Waals surface area contributed by atoms with Crippen molar-refractivity contribution in [2.75, 3.05) is 31.2 Å². The zero-order chi connectivity index (χ0) is 16.5. The summed E-state index contributed by atoms with van der Waals surface area (Å²) >= 11 is 0. The van der Waals surface area contributed by atoms with Crippen LogP contribution in [0.2, 0.25) is 0 Å². The van der Waals surface area contributed by atoms with E-state index >= 15 is 0 Å². The van der Waals surface area contributed by atoms with E-state index in [4.69, 9.17) is 9.47 Å². The maximum Gasteiger partial charge on any atom is 0.325 e. The Labute approximate surface area is 132 Å². The molecule has 5 heteroatoms. The molecular weight excluding hydrogens is 282 g/mol. The molecule has 0 heterocycles. The molecule has 22 heavy (non-hydrogen) atoms. The van der Waals surface area contributed by atoms with Crippen molar-refractivity contribution in [1.29, 1.82) is 0 Å². The molecule has 0 aliphatic rings. The molecule has 0 atom stereocenters. The van der Waals surface area contributed by atoms with E-state index in [0.29, 0.717) is 13.2 Å². The Morgan fingerprint density at radius 1 is 1.00 bits per heavy atom. The predicted octanol–water partition coefficient (Wildman–Crippen LogP) is 2.74. The maximum absolute atomic E-state index is 11.8. The van der Waals surface area contributed by atoms with Crippen molar-refractivity contribution in [3.63, 3.8) is 0 Å². The number of anilines is 1. The minimum atomic E-state index is -0.356. The van der Waals surface area contributed by atoms with Gasteiger partial charge in [-0.1, -0.05) is 32.0 Å². The lowest BCUT2D eigenvalue weighted by Gasteiger charge is -2.26. The fourth-order valence-corrected chi connectivity index (χ4v) is 2.21. The van der Waals surface area contributed by atoms with E-state index in [1.54, 1.807) is 18.7 Å². The molecule has 0 amide bonds. The van der Waals surface area contributed by atoms with E-state index < -0.39 is 0 Å². The molecule has 0 radical (unpaired) electrons. The molecule has 0 saturated carbocycles. The summed E-state index contributed by atoms with van der Waals surface area (Å²) in [7, 11) is 0. The Bertz CT molecular complexity index is 479. The van der Waals surface area contributed by atoms with Gasteiger partial charge in [-0.2, -0.15) is 0 Å². The maximum atomic E-state index is 11.8. The van der Waals surface area contributed by atoms with Crippen LogP contribution in [0.4, 0.5) is 5.69 Å². The average Bonchev–Trinajstić information content (AvgIpc) is 2.47.